The third kappa shape index (κ3) is 7.02. The Kier molecular flexibility index (Phi) is 8.40. The summed E-state index contributed by atoms with van der Waals surface area (Å²) in [6.07, 6.45) is 5.64. The fraction of sp³-hybridized carbons (Fsp3) is 0.364. The Hall–Kier alpha value is -2.31. The third-order valence-electron chi connectivity index (χ3n) is 4.62. The smallest absolute Gasteiger partial charge is 0.180 e. The molecule has 0 bridgehead atoms. The van der Waals surface area contributed by atoms with Gasteiger partial charge in [-0.25, -0.2) is 0 Å². The van der Waals surface area contributed by atoms with E-state index in [-0.39, 0.29) is 0 Å². The highest BCUT2D eigenvalue weighted by molar-refractivity contribution is 8.13. The maximum Gasteiger partial charge on any atom is 0.180 e. The van der Waals surface area contributed by atoms with E-state index in [1.807, 2.05) is 42.5 Å². The minimum atomic E-state index is 0.448. The first kappa shape index (κ1) is 20.4. The molecule has 0 amide bonds. The van der Waals surface area contributed by atoms with E-state index in [1.165, 1.54) is 49.7 Å². The van der Waals surface area contributed by atoms with E-state index in [4.69, 9.17) is 10.5 Å². The van der Waals surface area contributed by atoms with E-state index in [1.54, 1.807) is 6.21 Å². The zero-order valence-electron chi connectivity index (χ0n) is 16.2. The summed E-state index contributed by atoms with van der Waals surface area (Å²) in [5, 5.41) is 8.68. The van der Waals surface area contributed by atoms with Crippen LogP contribution >= 0.6 is 11.8 Å². The van der Waals surface area contributed by atoms with Crippen LogP contribution in [0.4, 0.5) is 0 Å². The predicted molar refractivity (Wildman–Crippen MR) is 119 cm³/mol. The summed E-state index contributed by atoms with van der Waals surface area (Å²) >= 11 is 1.48. The molecule has 2 aromatic rings. The van der Waals surface area contributed by atoms with Crippen LogP contribution in [0, 0.1) is 0 Å². The van der Waals surface area contributed by atoms with Crippen molar-refractivity contribution < 1.29 is 4.74 Å². The summed E-state index contributed by atoms with van der Waals surface area (Å²) in [7, 11) is 0. The highest BCUT2D eigenvalue weighted by Crippen LogP contribution is 2.17. The van der Waals surface area contributed by atoms with E-state index in [9.17, 15) is 0 Å². The number of amidine groups is 1. The molecule has 1 fully saturated rings. The van der Waals surface area contributed by atoms with Crippen molar-refractivity contribution in [1.29, 1.82) is 0 Å². The molecule has 1 aliphatic heterocycles. The quantitative estimate of drug-likeness (QED) is 0.414. The highest BCUT2D eigenvalue weighted by atomic mass is 32.2. The van der Waals surface area contributed by atoms with Crippen LogP contribution < -0.4 is 10.5 Å². The van der Waals surface area contributed by atoms with Gasteiger partial charge in [0.2, 0.25) is 0 Å². The van der Waals surface area contributed by atoms with Crippen LogP contribution in [0.25, 0.3) is 0 Å². The number of nitrogens with two attached hydrogens (primary N) is 1. The topological polar surface area (TPSA) is 63.2 Å². The first-order chi connectivity index (χ1) is 13.8. The average Bonchev–Trinajstić information content (AvgIpc) is 2.75. The van der Waals surface area contributed by atoms with Gasteiger partial charge in [0.25, 0.3) is 0 Å². The molecule has 0 radical (unpaired) electrons. The number of hydrogen-bond donors (Lipinski definition) is 1. The summed E-state index contributed by atoms with van der Waals surface area (Å²) in [5.74, 6) is 1.61. The number of ether oxygens (including phenoxy) is 1. The second-order valence-corrected chi connectivity index (χ2v) is 7.74. The molecule has 148 valence electrons. The van der Waals surface area contributed by atoms with E-state index in [0.717, 1.165) is 23.6 Å². The van der Waals surface area contributed by atoms with E-state index in [0.29, 0.717) is 11.8 Å². The summed E-state index contributed by atoms with van der Waals surface area (Å²) in [4.78, 5) is 2.47. The number of piperidine rings is 1. The van der Waals surface area contributed by atoms with E-state index < -0.39 is 0 Å². The van der Waals surface area contributed by atoms with Gasteiger partial charge in [0, 0.05) is 17.9 Å². The Morgan fingerprint density at radius 1 is 1.04 bits per heavy atom. The summed E-state index contributed by atoms with van der Waals surface area (Å²) in [6.45, 7) is 4.01. The van der Waals surface area contributed by atoms with Gasteiger partial charge in [-0.15, -0.1) is 5.10 Å². The van der Waals surface area contributed by atoms with Crippen LogP contribution in [-0.2, 0) is 5.75 Å². The van der Waals surface area contributed by atoms with Crippen molar-refractivity contribution in [2.24, 2.45) is 15.9 Å². The lowest BCUT2D eigenvalue weighted by Crippen LogP contribution is -2.33. The third-order valence-corrected chi connectivity index (χ3v) is 5.47. The van der Waals surface area contributed by atoms with Crippen LogP contribution in [0.2, 0.25) is 0 Å². The summed E-state index contributed by atoms with van der Waals surface area (Å²) in [5.41, 5.74) is 8.07. The largest absolute Gasteiger partial charge is 0.492 e. The number of nitrogens with zero attached hydrogens (tertiary/aromatic N) is 3. The van der Waals surface area contributed by atoms with Gasteiger partial charge < -0.3 is 10.5 Å². The standard InChI is InChI=1S/C22H28N4OS/c23-22(28-18-19-9-3-1-4-10-19)25-24-17-20-11-5-6-12-21(20)27-16-15-26-13-7-2-8-14-26/h1,3-6,9-12,17H,2,7-8,13-16,18H2,(H2,23,25). The van der Waals surface area contributed by atoms with Crippen LogP contribution in [-0.4, -0.2) is 42.5 Å². The average molecular weight is 397 g/mol. The molecule has 0 unspecified atom stereocenters. The van der Waals surface area contributed by atoms with Crippen molar-refractivity contribution in [1.82, 2.24) is 4.90 Å². The van der Waals surface area contributed by atoms with Crippen molar-refractivity contribution >= 4 is 23.1 Å². The molecule has 2 N–H and O–H groups in total. The van der Waals surface area contributed by atoms with Crippen LogP contribution in [0.5, 0.6) is 5.75 Å². The fourth-order valence-electron chi connectivity index (χ4n) is 3.09. The fourth-order valence-corrected chi connectivity index (χ4v) is 3.71. The van der Waals surface area contributed by atoms with Gasteiger partial charge in [0.05, 0.1) is 6.21 Å². The van der Waals surface area contributed by atoms with Gasteiger partial charge in [-0.05, 0) is 43.6 Å². The molecule has 6 heteroatoms. The van der Waals surface area contributed by atoms with Crippen LogP contribution in [0.3, 0.4) is 0 Å². The number of hydrogen-bond acceptors (Lipinski definition) is 5. The summed E-state index contributed by atoms with van der Waals surface area (Å²) in [6, 6.07) is 18.1. The molecule has 0 atom stereocenters. The molecule has 5 nitrogen and oxygen atoms in total. The van der Waals surface area contributed by atoms with Crippen molar-refractivity contribution in [3.05, 3.63) is 65.7 Å². The molecule has 1 aliphatic rings. The van der Waals surface area contributed by atoms with Crippen molar-refractivity contribution in [2.45, 2.75) is 25.0 Å². The molecule has 28 heavy (non-hydrogen) atoms. The van der Waals surface area contributed by atoms with Gasteiger partial charge >= 0.3 is 0 Å². The van der Waals surface area contributed by atoms with Gasteiger partial charge in [-0.2, -0.15) is 5.10 Å². The predicted octanol–water partition coefficient (Wildman–Crippen LogP) is 4.13. The molecule has 0 aliphatic carbocycles. The monoisotopic (exact) mass is 396 g/mol. The lowest BCUT2D eigenvalue weighted by Gasteiger charge is -2.26. The van der Waals surface area contributed by atoms with Gasteiger partial charge in [0.15, 0.2) is 5.17 Å². The lowest BCUT2D eigenvalue weighted by atomic mass is 10.1. The number of likely N-dealkylation sites (tertiary alicyclic amines) is 1. The number of rotatable bonds is 8. The summed E-state index contributed by atoms with van der Waals surface area (Å²) < 4.78 is 5.98. The Labute approximate surface area is 171 Å². The van der Waals surface area contributed by atoms with Crippen LogP contribution in [0.1, 0.15) is 30.4 Å². The van der Waals surface area contributed by atoms with Crippen LogP contribution in [0.15, 0.2) is 64.8 Å². The molecule has 0 saturated carbocycles. The Morgan fingerprint density at radius 3 is 2.61 bits per heavy atom. The highest BCUT2D eigenvalue weighted by Gasteiger charge is 2.10. The van der Waals surface area contributed by atoms with Gasteiger partial charge in [-0.1, -0.05) is 60.6 Å². The van der Waals surface area contributed by atoms with E-state index in [2.05, 4.69) is 27.2 Å². The Bertz CT molecular complexity index is 773. The molecule has 3 rings (SSSR count). The first-order valence-electron chi connectivity index (χ1n) is 9.79. The normalized spacial score (nSPS) is 15.8. The second-order valence-electron chi connectivity index (χ2n) is 6.75. The van der Waals surface area contributed by atoms with Crippen molar-refractivity contribution in [2.75, 3.05) is 26.2 Å². The first-order valence-corrected chi connectivity index (χ1v) is 10.8. The minimum Gasteiger partial charge on any atom is -0.492 e. The molecule has 0 aromatic heterocycles. The van der Waals surface area contributed by atoms with Gasteiger partial charge in [0.1, 0.15) is 12.4 Å². The van der Waals surface area contributed by atoms with E-state index >= 15 is 0 Å². The number of benzene rings is 2. The Balaban J connectivity index is 1.48. The Morgan fingerprint density at radius 2 is 1.79 bits per heavy atom. The molecular formula is C22H28N4OS. The van der Waals surface area contributed by atoms with Gasteiger partial charge in [-0.3, -0.25) is 4.90 Å². The number of thioether (sulfide) groups is 1. The van der Waals surface area contributed by atoms with Crippen molar-refractivity contribution in [3.63, 3.8) is 0 Å². The maximum atomic E-state index is 5.98. The molecule has 2 aromatic carbocycles. The molecule has 1 heterocycles. The zero-order chi connectivity index (χ0) is 19.4. The van der Waals surface area contributed by atoms with Crippen molar-refractivity contribution in [3.8, 4) is 5.75 Å². The molecule has 0 spiro atoms. The molecular weight excluding hydrogens is 368 g/mol. The second kappa shape index (κ2) is 11.5. The minimum absolute atomic E-state index is 0.448. The SMILES string of the molecule is NC(=NN=Cc1ccccc1OCCN1CCCCC1)SCc1ccccc1. The zero-order valence-corrected chi connectivity index (χ0v) is 17.0. The molecule has 1 saturated heterocycles. The maximum absolute atomic E-state index is 5.98. The lowest BCUT2D eigenvalue weighted by molar-refractivity contribution is 0.183. The number of para-hydroxylation sites is 1.